The van der Waals surface area contributed by atoms with E-state index in [2.05, 4.69) is 0 Å². The molecule has 4 heteroatoms. The Morgan fingerprint density at radius 1 is 0.550 bits per heavy atom. The van der Waals surface area contributed by atoms with Crippen LogP contribution in [0.25, 0.3) is 0 Å². The van der Waals surface area contributed by atoms with Gasteiger partial charge in [0.05, 0.1) is 0 Å². The van der Waals surface area contributed by atoms with Crippen LogP contribution in [0.5, 0.6) is 0 Å². The SMILES string of the molecule is CC1CCCC(C)C1(O)O.CC1CCCC(C)C1(O)O. The molecule has 0 amide bonds. The molecule has 4 atom stereocenters. The minimum Gasteiger partial charge on any atom is -0.365 e. The fourth-order valence-corrected chi connectivity index (χ4v) is 3.28. The number of hydrogen-bond donors (Lipinski definition) is 4. The van der Waals surface area contributed by atoms with Gasteiger partial charge in [0.2, 0.25) is 0 Å². The van der Waals surface area contributed by atoms with Gasteiger partial charge in [-0.1, -0.05) is 40.5 Å². The van der Waals surface area contributed by atoms with Gasteiger partial charge in [0.1, 0.15) is 0 Å². The normalized spacial score (nSPS) is 39.6. The molecule has 0 heterocycles. The minimum atomic E-state index is -1.40. The molecule has 2 rings (SSSR count). The lowest BCUT2D eigenvalue weighted by atomic mass is 9.78. The van der Waals surface area contributed by atoms with Crippen molar-refractivity contribution in [3.05, 3.63) is 0 Å². The van der Waals surface area contributed by atoms with E-state index >= 15 is 0 Å². The van der Waals surface area contributed by atoms with E-state index in [4.69, 9.17) is 0 Å². The zero-order chi connectivity index (χ0) is 15.6. The van der Waals surface area contributed by atoms with Crippen molar-refractivity contribution in [1.29, 1.82) is 0 Å². The Labute approximate surface area is 122 Å². The van der Waals surface area contributed by atoms with Crippen LogP contribution >= 0.6 is 0 Å². The number of hydrogen-bond acceptors (Lipinski definition) is 4. The summed E-state index contributed by atoms with van der Waals surface area (Å²) in [6.45, 7) is 7.59. The number of rotatable bonds is 0. The van der Waals surface area contributed by atoms with Crippen LogP contribution in [0, 0.1) is 23.7 Å². The van der Waals surface area contributed by atoms with Gasteiger partial charge in [-0.15, -0.1) is 0 Å². The fraction of sp³-hybridized carbons (Fsp3) is 1.00. The highest BCUT2D eigenvalue weighted by Crippen LogP contribution is 2.36. The van der Waals surface area contributed by atoms with Crippen molar-refractivity contribution in [3.63, 3.8) is 0 Å². The van der Waals surface area contributed by atoms with Gasteiger partial charge in [-0.3, -0.25) is 0 Å². The van der Waals surface area contributed by atoms with E-state index in [0.717, 1.165) is 38.5 Å². The Balaban J connectivity index is 0.000000200. The summed E-state index contributed by atoms with van der Waals surface area (Å²) in [4.78, 5) is 0. The molecule has 2 aliphatic rings. The molecule has 4 unspecified atom stereocenters. The van der Waals surface area contributed by atoms with Crippen LogP contribution in [-0.4, -0.2) is 32.0 Å². The van der Waals surface area contributed by atoms with Crippen LogP contribution in [0.15, 0.2) is 0 Å². The standard InChI is InChI=1S/2C8H16O2/c2*1-6-4-3-5-7(2)8(6,9)10/h2*6-7,9-10H,3-5H2,1-2H3. The largest absolute Gasteiger partial charge is 0.365 e. The topological polar surface area (TPSA) is 80.9 Å². The molecule has 0 saturated heterocycles. The molecule has 120 valence electrons. The van der Waals surface area contributed by atoms with E-state index in [1.807, 2.05) is 27.7 Å². The van der Waals surface area contributed by atoms with Crippen molar-refractivity contribution in [2.75, 3.05) is 0 Å². The second-order valence-corrected chi connectivity index (χ2v) is 7.03. The first-order valence-corrected chi connectivity index (χ1v) is 7.99. The van der Waals surface area contributed by atoms with Crippen LogP contribution < -0.4 is 0 Å². The van der Waals surface area contributed by atoms with Crippen LogP contribution in [0.1, 0.15) is 66.2 Å². The van der Waals surface area contributed by atoms with E-state index < -0.39 is 11.6 Å². The molecule has 0 aromatic rings. The highest BCUT2D eigenvalue weighted by molar-refractivity contribution is 4.83. The van der Waals surface area contributed by atoms with Crippen molar-refractivity contribution >= 4 is 0 Å². The first-order valence-electron chi connectivity index (χ1n) is 7.99. The van der Waals surface area contributed by atoms with Crippen molar-refractivity contribution in [2.24, 2.45) is 23.7 Å². The summed E-state index contributed by atoms with van der Waals surface area (Å²) in [6.07, 6.45) is 6.03. The Bertz CT molecular complexity index is 247. The van der Waals surface area contributed by atoms with E-state index in [0.29, 0.717) is 0 Å². The smallest absolute Gasteiger partial charge is 0.167 e. The Morgan fingerprint density at radius 3 is 0.900 bits per heavy atom. The maximum atomic E-state index is 9.47. The summed E-state index contributed by atoms with van der Waals surface area (Å²) in [5.41, 5.74) is 0. The van der Waals surface area contributed by atoms with Gasteiger partial charge in [-0.25, -0.2) is 0 Å². The average molecular weight is 288 g/mol. The second kappa shape index (κ2) is 6.73. The van der Waals surface area contributed by atoms with Gasteiger partial charge in [-0.05, 0) is 25.7 Å². The van der Waals surface area contributed by atoms with E-state index in [1.165, 1.54) is 0 Å². The molecule has 2 fully saturated rings. The van der Waals surface area contributed by atoms with Crippen molar-refractivity contribution < 1.29 is 20.4 Å². The highest BCUT2D eigenvalue weighted by Gasteiger charge is 2.40. The van der Waals surface area contributed by atoms with Crippen molar-refractivity contribution in [2.45, 2.75) is 77.8 Å². The second-order valence-electron chi connectivity index (χ2n) is 7.03. The van der Waals surface area contributed by atoms with Crippen LogP contribution in [-0.2, 0) is 0 Å². The first-order chi connectivity index (χ1) is 9.10. The minimum absolute atomic E-state index is 0.0382. The lowest BCUT2D eigenvalue weighted by Crippen LogP contribution is -2.45. The Morgan fingerprint density at radius 2 is 0.750 bits per heavy atom. The summed E-state index contributed by atoms with van der Waals surface area (Å²) in [5.74, 6) is -2.66. The predicted octanol–water partition coefficient (Wildman–Crippen LogP) is 2.25. The molecule has 4 N–H and O–H groups in total. The maximum Gasteiger partial charge on any atom is 0.167 e. The summed E-state index contributed by atoms with van der Waals surface area (Å²) in [7, 11) is 0. The molecule has 0 aliphatic heterocycles. The third-order valence-corrected chi connectivity index (χ3v) is 5.45. The molecule has 0 spiro atoms. The van der Waals surface area contributed by atoms with Gasteiger partial charge in [0.15, 0.2) is 11.6 Å². The van der Waals surface area contributed by atoms with Crippen LogP contribution in [0.3, 0.4) is 0 Å². The lowest BCUT2D eigenvalue weighted by Gasteiger charge is -2.38. The third kappa shape index (κ3) is 3.94. The molecule has 0 aromatic carbocycles. The third-order valence-electron chi connectivity index (χ3n) is 5.45. The molecular weight excluding hydrogens is 256 g/mol. The molecule has 0 radical (unpaired) electrons. The summed E-state index contributed by atoms with van der Waals surface area (Å²) >= 11 is 0. The summed E-state index contributed by atoms with van der Waals surface area (Å²) < 4.78 is 0. The monoisotopic (exact) mass is 288 g/mol. The first kappa shape index (κ1) is 17.9. The zero-order valence-electron chi connectivity index (χ0n) is 13.3. The highest BCUT2D eigenvalue weighted by atomic mass is 16.5. The molecule has 0 bridgehead atoms. The Hall–Kier alpha value is -0.160. The quantitative estimate of drug-likeness (QED) is 0.515. The Kier molecular flexibility index (Phi) is 6.02. The van der Waals surface area contributed by atoms with Crippen molar-refractivity contribution in [1.82, 2.24) is 0 Å². The molecule has 0 aromatic heterocycles. The summed E-state index contributed by atoms with van der Waals surface area (Å²) in [6, 6.07) is 0. The van der Waals surface area contributed by atoms with Crippen molar-refractivity contribution in [3.8, 4) is 0 Å². The van der Waals surface area contributed by atoms with Crippen LogP contribution in [0.4, 0.5) is 0 Å². The molecule has 2 aliphatic carbocycles. The maximum absolute atomic E-state index is 9.47. The molecule has 2 saturated carbocycles. The van der Waals surface area contributed by atoms with E-state index in [1.54, 1.807) is 0 Å². The average Bonchev–Trinajstić information content (AvgIpc) is 2.35. The van der Waals surface area contributed by atoms with Gasteiger partial charge in [0, 0.05) is 23.7 Å². The molecule has 20 heavy (non-hydrogen) atoms. The van der Waals surface area contributed by atoms with Gasteiger partial charge < -0.3 is 20.4 Å². The lowest BCUT2D eigenvalue weighted by molar-refractivity contribution is -0.243. The zero-order valence-corrected chi connectivity index (χ0v) is 13.3. The van der Waals surface area contributed by atoms with E-state index in [9.17, 15) is 20.4 Å². The summed E-state index contributed by atoms with van der Waals surface area (Å²) in [5, 5.41) is 37.9. The predicted molar refractivity (Wildman–Crippen MR) is 78.7 cm³/mol. The van der Waals surface area contributed by atoms with E-state index in [-0.39, 0.29) is 23.7 Å². The number of aliphatic hydroxyl groups is 4. The molecular formula is C16H32O4. The van der Waals surface area contributed by atoms with Gasteiger partial charge >= 0.3 is 0 Å². The van der Waals surface area contributed by atoms with Gasteiger partial charge in [0.25, 0.3) is 0 Å². The molecule has 4 nitrogen and oxygen atoms in total. The fourth-order valence-electron chi connectivity index (χ4n) is 3.28. The van der Waals surface area contributed by atoms with Gasteiger partial charge in [-0.2, -0.15) is 0 Å². The van der Waals surface area contributed by atoms with Crippen LogP contribution in [0.2, 0.25) is 0 Å².